The average Bonchev–Trinajstić information content (AvgIpc) is 3.36. The van der Waals surface area contributed by atoms with E-state index >= 15 is 0 Å². The number of rotatable bonds is 4. The number of hydrogen-bond acceptors (Lipinski definition) is 7. The van der Waals surface area contributed by atoms with E-state index in [1.165, 1.54) is 4.90 Å². The van der Waals surface area contributed by atoms with Crippen LogP contribution in [0.3, 0.4) is 0 Å². The van der Waals surface area contributed by atoms with Gasteiger partial charge in [0.25, 0.3) is 5.91 Å². The summed E-state index contributed by atoms with van der Waals surface area (Å²) in [7, 11) is -3.88. The number of fused-ring (bicyclic) bond motifs is 2. The minimum absolute atomic E-state index is 0.296. The molecule has 230 valence electrons. The zero-order valence-electron chi connectivity index (χ0n) is 24.6. The largest absolute Gasteiger partial charge is 0.444 e. The predicted molar refractivity (Wildman–Crippen MR) is 153 cm³/mol. The normalized spacial score (nSPS) is 31.0. The first-order valence-electron chi connectivity index (χ1n) is 15.2. The maximum atomic E-state index is 13.7. The van der Waals surface area contributed by atoms with Crippen LogP contribution in [0.25, 0.3) is 0 Å². The van der Waals surface area contributed by atoms with Gasteiger partial charge in [-0.2, -0.15) is 0 Å². The lowest BCUT2D eigenvalue weighted by Gasteiger charge is -2.31. The van der Waals surface area contributed by atoms with Gasteiger partial charge in [-0.15, -0.1) is 0 Å². The highest BCUT2D eigenvalue weighted by molar-refractivity contribution is 7.90. The van der Waals surface area contributed by atoms with E-state index in [1.54, 1.807) is 20.8 Å². The van der Waals surface area contributed by atoms with Crippen LogP contribution in [0.15, 0.2) is 12.2 Å². The predicted octanol–water partition coefficient (Wildman–Crippen LogP) is 3.04. The molecule has 2 saturated carbocycles. The minimum atomic E-state index is -3.88. The number of amides is 4. The Bertz CT molecular complexity index is 1140. The number of carbonyl (C=O) groups is 4. The molecule has 0 bridgehead atoms. The molecular formula is C29H46N4O7S. The first-order chi connectivity index (χ1) is 19.3. The number of nitrogens with one attached hydrogen (secondary N) is 3. The molecule has 4 atom stereocenters. The van der Waals surface area contributed by atoms with Crippen molar-refractivity contribution in [3.05, 3.63) is 12.2 Å². The summed E-state index contributed by atoms with van der Waals surface area (Å²) in [4.78, 5) is 54.9. The molecule has 0 aromatic rings. The number of carbonyl (C=O) groups excluding carboxylic acids is 4. The number of ether oxygens (including phenoxy) is 1. The lowest BCUT2D eigenvalue weighted by atomic mass is 10.0. The molecule has 0 spiro atoms. The van der Waals surface area contributed by atoms with Crippen molar-refractivity contribution in [1.82, 2.24) is 20.3 Å². The Morgan fingerprint density at radius 3 is 2.39 bits per heavy atom. The van der Waals surface area contributed by atoms with Gasteiger partial charge in [0, 0.05) is 12.5 Å². The van der Waals surface area contributed by atoms with Crippen LogP contribution in [0.5, 0.6) is 0 Å². The number of allylic oxidation sites excluding steroid dienone is 1. The van der Waals surface area contributed by atoms with E-state index in [-0.39, 0.29) is 11.8 Å². The Morgan fingerprint density at radius 1 is 1.00 bits per heavy atom. The molecule has 2 heterocycles. The van der Waals surface area contributed by atoms with Gasteiger partial charge in [-0.05, 0) is 72.1 Å². The van der Waals surface area contributed by atoms with E-state index in [0.29, 0.717) is 51.5 Å². The van der Waals surface area contributed by atoms with E-state index in [0.717, 1.165) is 38.5 Å². The second-order valence-electron chi connectivity index (χ2n) is 13.0. The molecular weight excluding hydrogens is 548 g/mol. The van der Waals surface area contributed by atoms with Crippen LogP contribution >= 0.6 is 0 Å². The molecule has 0 radical (unpaired) electrons. The lowest BCUT2D eigenvalue weighted by molar-refractivity contribution is -0.141. The van der Waals surface area contributed by atoms with Crippen molar-refractivity contribution in [1.29, 1.82) is 0 Å². The zero-order chi connectivity index (χ0) is 29.8. The Labute approximate surface area is 243 Å². The Kier molecular flexibility index (Phi) is 9.70. The van der Waals surface area contributed by atoms with Crippen LogP contribution in [0.4, 0.5) is 4.79 Å². The first-order valence-corrected chi connectivity index (χ1v) is 16.7. The van der Waals surface area contributed by atoms with Crippen LogP contribution in [-0.2, 0) is 29.1 Å². The van der Waals surface area contributed by atoms with Gasteiger partial charge in [-0.25, -0.2) is 13.2 Å². The Morgan fingerprint density at radius 2 is 1.68 bits per heavy atom. The molecule has 0 aromatic carbocycles. The van der Waals surface area contributed by atoms with Gasteiger partial charge < -0.3 is 20.3 Å². The third-order valence-corrected chi connectivity index (χ3v) is 10.4. The molecule has 2 aliphatic carbocycles. The molecule has 1 saturated heterocycles. The van der Waals surface area contributed by atoms with Crippen LogP contribution < -0.4 is 15.4 Å². The van der Waals surface area contributed by atoms with Crippen molar-refractivity contribution in [2.45, 2.75) is 133 Å². The minimum Gasteiger partial charge on any atom is -0.444 e. The third-order valence-electron chi connectivity index (χ3n) is 8.55. The summed E-state index contributed by atoms with van der Waals surface area (Å²) in [5, 5.41) is 4.97. The Hall–Kier alpha value is -2.63. The summed E-state index contributed by atoms with van der Waals surface area (Å²) in [6, 6.07) is -1.66. The first kappa shape index (κ1) is 31.3. The maximum Gasteiger partial charge on any atom is 0.408 e. The fraction of sp³-hybridized carbons (Fsp3) is 0.793. The molecule has 0 aromatic heterocycles. The fourth-order valence-corrected chi connectivity index (χ4v) is 7.78. The molecule has 11 nitrogen and oxygen atoms in total. The highest BCUT2D eigenvalue weighted by atomic mass is 32.2. The van der Waals surface area contributed by atoms with Crippen molar-refractivity contribution >= 4 is 33.8 Å². The summed E-state index contributed by atoms with van der Waals surface area (Å²) in [5.41, 5.74) is -2.10. The number of alkyl carbamates (subject to hydrolysis) is 1. The summed E-state index contributed by atoms with van der Waals surface area (Å²) in [6.45, 7) is 5.59. The second kappa shape index (κ2) is 12.7. The molecule has 12 heteroatoms. The smallest absolute Gasteiger partial charge is 0.408 e. The monoisotopic (exact) mass is 594 g/mol. The Balaban J connectivity index is 1.53. The number of sulfonamides is 1. The fourth-order valence-electron chi connectivity index (χ4n) is 6.22. The van der Waals surface area contributed by atoms with Gasteiger partial charge >= 0.3 is 6.09 Å². The molecule has 3 N–H and O–H groups in total. The van der Waals surface area contributed by atoms with Crippen molar-refractivity contribution in [3.63, 3.8) is 0 Å². The third kappa shape index (κ3) is 7.81. The SMILES string of the molecule is CC(C)(C)OC(=O)N[C@H]1CCCCC/C=C\[C@H]2C[C@@]2(C(=O)NS(=O)(=O)C2CCCCC2)NC(=O)[C@@H]2CCCN2C1=O. The summed E-state index contributed by atoms with van der Waals surface area (Å²) in [5.74, 6) is -1.88. The van der Waals surface area contributed by atoms with E-state index in [1.807, 2.05) is 12.2 Å². The van der Waals surface area contributed by atoms with Gasteiger partial charge in [-0.3, -0.25) is 19.1 Å². The second-order valence-corrected chi connectivity index (χ2v) is 14.9. The lowest BCUT2D eigenvalue weighted by Crippen LogP contribution is -2.58. The van der Waals surface area contributed by atoms with E-state index in [2.05, 4.69) is 15.4 Å². The highest BCUT2D eigenvalue weighted by Crippen LogP contribution is 2.46. The summed E-state index contributed by atoms with van der Waals surface area (Å²) in [6.07, 6.45) is 11.7. The topological polar surface area (TPSA) is 151 Å². The highest BCUT2D eigenvalue weighted by Gasteiger charge is 2.61. The van der Waals surface area contributed by atoms with Gasteiger partial charge in [-0.1, -0.05) is 44.3 Å². The van der Waals surface area contributed by atoms with Crippen molar-refractivity contribution in [3.8, 4) is 0 Å². The van der Waals surface area contributed by atoms with Gasteiger partial charge in [0.05, 0.1) is 5.25 Å². The molecule has 4 amide bonds. The van der Waals surface area contributed by atoms with E-state index in [9.17, 15) is 27.6 Å². The number of nitrogens with zero attached hydrogens (tertiary/aromatic N) is 1. The van der Waals surface area contributed by atoms with E-state index < -0.39 is 56.4 Å². The van der Waals surface area contributed by atoms with Crippen LogP contribution in [-0.4, -0.2) is 72.2 Å². The molecule has 4 rings (SSSR count). The van der Waals surface area contributed by atoms with Gasteiger partial charge in [0.2, 0.25) is 21.8 Å². The molecule has 0 unspecified atom stereocenters. The quantitative estimate of drug-likeness (QED) is 0.423. The molecule has 4 aliphatic rings. The summed E-state index contributed by atoms with van der Waals surface area (Å²) < 4.78 is 33.8. The van der Waals surface area contributed by atoms with Crippen molar-refractivity contribution < 1.29 is 32.3 Å². The van der Waals surface area contributed by atoms with Gasteiger partial charge in [0.1, 0.15) is 23.2 Å². The van der Waals surface area contributed by atoms with Gasteiger partial charge in [0.15, 0.2) is 0 Å². The van der Waals surface area contributed by atoms with Crippen LogP contribution in [0.2, 0.25) is 0 Å². The standard InChI is InChI=1S/C29H46N4O7S/c1-28(2,3)40-27(37)30-22-16-11-6-4-5-8-13-20-19-29(20,31-24(34)23-17-12-18-33(23)25(22)35)26(36)32-41(38,39)21-14-9-7-10-15-21/h8,13,20-23H,4-7,9-12,14-19H2,1-3H3,(H,30,37)(H,31,34)(H,32,36)/b13-8-/t20-,22-,23-,29+/m0/s1. The zero-order valence-corrected chi connectivity index (χ0v) is 25.4. The number of hydrogen-bond donors (Lipinski definition) is 3. The molecule has 3 fully saturated rings. The van der Waals surface area contributed by atoms with Crippen LogP contribution in [0.1, 0.15) is 104 Å². The average molecular weight is 595 g/mol. The molecule has 41 heavy (non-hydrogen) atoms. The maximum absolute atomic E-state index is 13.7. The van der Waals surface area contributed by atoms with Crippen LogP contribution in [0, 0.1) is 5.92 Å². The van der Waals surface area contributed by atoms with E-state index in [4.69, 9.17) is 4.74 Å². The molecule has 2 aliphatic heterocycles. The van der Waals surface area contributed by atoms with Crippen molar-refractivity contribution in [2.24, 2.45) is 5.92 Å². The van der Waals surface area contributed by atoms with Crippen molar-refractivity contribution in [2.75, 3.05) is 6.54 Å². The summed E-state index contributed by atoms with van der Waals surface area (Å²) >= 11 is 0.